The Morgan fingerprint density at radius 1 is 1.07 bits per heavy atom. The van der Waals surface area contributed by atoms with E-state index in [1.165, 1.54) is 11.3 Å². The highest BCUT2D eigenvalue weighted by Gasteiger charge is 2.33. The van der Waals surface area contributed by atoms with Crippen molar-refractivity contribution in [2.24, 2.45) is 0 Å². The first kappa shape index (κ1) is 18.5. The molecule has 1 aromatic heterocycles. The first-order valence-electron chi connectivity index (χ1n) is 10.8. The summed E-state index contributed by atoms with van der Waals surface area (Å²) in [5, 5.41) is 7.68. The molecule has 1 atom stereocenters. The number of amides is 2. The number of piperidine rings is 1. The molecule has 154 valence electrons. The van der Waals surface area contributed by atoms with Crippen molar-refractivity contribution in [2.75, 3.05) is 50.0 Å². The number of anilines is 2. The number of para-hydroxylation sites is 1. The van der Waals surface area contributed by atoms with Gasteiger partial charge in [-0.2, -0.15) is 5.10 Å². The lowest BCUT2D eigenvalue weighted by Crippen LogP contribution is -2.43. The lowest BCUT2D eigenvalue weighted by atomic mass is 10.1. The molecule has 1 unspecified atom stereocenters. The Morgan fingerprint density at radius 2 is 1.90 bits per heavy atom. The number of hydrogen-bond acceptors (Lipinski definition) is 4. The molecule has 5 rings (SSSR count). The molecule has 0 spiro atoms. The molecule has 3 aliphatic rings. The molecular formula is C22H30N6O. The van der Waals surface area contributed by atoms with Crippen LogP contribution in [0.15, 0.2) is 36.5 Å². The molecule has 2 aromatic rings. The predicted molar refractivity (Wildman–Crippen MR) is 114 cm³/mol. The van der Waals surface area contributed by atoms with Gasteiger partial charge >= 0.3 is 6.03 Å². The average molecular weight is 395 g/mol. The fourth-order valence-electron chi connectivity index (χ4n) is 5.01. The molecule has 1 N–H and O–H groups in total. The van der Waals surface area contributed by atoms with Gasteiger partial charge in [0.1, 0.15) is 0 Å². The number of carbonyl (C=O) groups is 1. The van der Waals surface area contributed by atoms with Crippen LogP contribution in [0, 0.1) is 0 Å². The van der Waals surface area contributed by atoms with Crippen molar-refractivity contribution in [1.82, 2.24) is 19.6 Å². The summed E-state index contributed by atoms with van der Waals surface area (Å²) in [7, 11) is 2.16. The molecule has 2 saturated heterocycles. The van der Waals surface area contributed by atoms with Crippen LogP contribution in [0.2, 0.25) is 0 Å². The van der Waals surface area contributed by atoms with E-state index in [4.69, 9.17) is 0 Å². The van der Waals surface area contributed by atoms with Crippen molar-refractivity contribution in [3.05, 3.63) is 42.1 Å². The van der Waals surface area contributed by atoms with Gasteiger partial charge in [0.15, 0.2) is 5.82 Å². The minimum atomic E-state index is -0.0311. The number of nitrogens with one attached hydrogen (secondary N) is 1. The van der Waals surface area contributed by atoms with Gasteiger partial charge in [-0.3, -0.25) is 10.00 Å². The zero-order valence-corrected chi connectivity index (χ0v) is 17.1. The fourth-order valence-corrected chi connectivity index (χ4v) is 5.01. The monoisotopic (exact) mass is 394 g/mol. The smallest absolute Gasteiger partial charge is 0.323 e. The van der Waals surface area contributed by atoms with E-state index in [0.717, 1.165) is 58.4 Å². The molecule has 0 aliphatic carbocycles. The van der Waals surface area contributed by atoms with Crippen molar-refractivity contribution >= 4 is 17.5 Å². The summed E-state index contributed by atoms with van der Waals surface area (Å²) in [6.07, 6.45) is 6.22. The highest BCUT2D eigenvalue weighted by Crippen LogP contribution is 2.33. The van der Waals surface area contributed by atoms with E-state index in [9.17, 15) is 4.79 Å². The van der Waals surface area contributed by atoms with Crippen LogP contribution in [0.5, 0.6) is 0 Å². The maximum Gasteiger partial charge on any atom is 0.323 e. The lowest BCUT2D eigenvalue weighted by molar-refractivity contribution is 0.210. The van der Waals surface area contributed by atoms with E-state index < -0.39 is 0 Å². The third-order valence-electron chi connectivity index (χ3n) is 6.65. The van der Waals surface area contributed by atoms with Gasteiger partial charge in [0.25, 0.3) is 0 Å². The third-order valence-corrected chi connectivity index (χ3v) is 6.65. The zero-order chi connectivity index (χ0) is 19.8. The van der Waals surface area contributed by atoms with Gasteiger partial charge in [0.2, 0.25) is 0 Å². The minimum absolute atomic E-state index is 0.0311. The number of fused-ring (bicyclic) bond motifs is 3. The van der Waals surface area contributed by atoms with Crippen molar-refractivity contribution in [2.45, 2.75) is 37.8 Å². The van der Waals surface area contributed by atoms with E-state index in [1.807, 2.05) is 21.8 Å². The molecule has 0 saturated carbocycles. The Balaban J connectivity index is 1.22. The average Bonchev–Trinajstić information content (AvgIpc) is 3.26. The van der Waals surface area contributed by atoms with Crippen LogP contribution in [-0.4, -0.2) is 71.4 Å². The summed E-state index contributed by atoms with van der Waals surface area (Å²) in [5.41, 5.74) is 2.74. The molecule has 29 heavy (non-hydrogen) atoms. The van der Waals surface area contributed by atoms with E-state index >= 15 is 0 Å². The van der Waals surface area contributed by atoms with Gasteiger partial charge in [0.05, 0.1) is 12.1 Å². The van der Waals surface area contributed by atoms with Crippen LogP contribution >= 0.6 is 0 Å². The molecule has 0 radical (unpaired) electrons. The molecular weight excluding hydrogens is 364 g/mol. The number of aromatic nitrogens is 2. The number of rotatable bonds is 2. The van der Waals surface area contributed by atoms with Crippen LogP contribution in [0.4, 0.5) is 16.3 Å². The number of nitrogens with zero attached hydrogens (tertiary/aromatic N) is 5. The Hall–Kier alpha value is -2.54. The third kappa shape index (κ3) is 3.71. The Labute approximate surface area is 172 Å². The highest BCUT2D eigenvalue weighted by molar-refractivity contribution is 5.88. The first-order chi connectivity index (χ1) is 14.2. The summed E-state index contributed by atoms with van der Waals surface area (Å²) >= 11 is 0. The maximum atomic E-state index is 13.0. The van der Waals surface area contributed by atoms with Crippen LogP contribution in [0.3, 0.4) is 0 Å². The quantitative estimate of drug-likeness (QED) is 0.851. The summed E-state index contributed by atoms with van der Waals surface area (Å²) < 4.78 is 2.03. The van der Waals surface area contributed by atoms with Crippen LogP contribution in [0.1, 0.15) is 30.9 Å². The number of hydrogen-bond donors (Lipinski definition) is 1. The fraction of sp³-hybridized carbons (Fsp3) is 0.545. The standard InChI is InChI=1S/C22H30N6O/c1-25-12-7-18(8-13-25)28-14-9-21(24-28)23-22(29)26-10-4-11-27-19(16-26)15-17-5-2-3-6-20(17)27/h2-3,5-6,9,14,18-19H,4,7-8,10-13,15-16H2,1H3,(H,23,24,29). The zero-order valence-electron chi connectivity index (χ0n) is 17.1. The van der Waals surface area contributed by atoms with Gasteiger partial charge in [0, 0.05) is 37.6 Å². The number of likely N-dealkylation sites (tertiary alicyclic amines) is 1. The first-order valence-corrected chi connectivity index (χ1v) is 10.8. The van der Waals surface area contributed by atoms with Gasteiger partial charge in [-0.05, 0) is 57.5 Å². The van der Waals surface area contributed by atoms with Gasteiger partial charge in [-0.1, -0.05) is 18.2 Å². The molecule has 0 bridgehead atoms. The second-order valence-electron chi connectivity index (χ2n) is 8.63. The van der Waals surface area contributed by atoms with Crippen molar-refractivity contribution in [1.29, 1.82) is 0 Å². The number of carbonyl (C=O) groups excluding carboxylic acids is 1. The predicted octanol–water partition coefficient (Wildman–Crippen LogP) is 2.82. The van der Waals surface area contributed by atoms with E-state index in [2.05, 4.69) is 51.5 Å². The van der Waals surface area contributed by atoms with Gasteiger partial charge < -0.3 is 14.7 Å². The second-order valence-corrected chi connectivity index (χ2v) is 8.63. The lowest BCUT2D eigenvalue weighted by Gasteiger charge is -2.29. The van der Waals surface area contributed by atoms with Crippen molar-refractivity contribution in [3.63, 3.8) is 0 Å². The number of urea groups is 1. The molecule has 7 heteroatoms. The van der Waals surface area contributed by atoms with E-state index in [-0.39, 0.29) is 6.03 Å². The van der Waals surface area contributed by atoms with Crippen LogP contribution < -0.4 is 10.2 Å². The second kappa shape index (κ2) is 7.71. The topological polar surface area (TPSA) is 56.6 Å². The summed E-state index contributed by atoms with van der Waals surface area (Å²) in [6, 6.07) is 11.3. The van der Waals surface area contributed by atoms with Gasteiger partial charge in [-0.25, -0.2) is 4.79 Å². The van der Waals surface area contributed by atoms with E-state index in [0.29, 0.717) is 17.9 Å². The number of benzene rings is 1. The van der Waals surface area contributed by atoms with Crippen LogP contribution in [-0.2, 0) is 6.42 Å². The Bertz CT molecular complexity index is 872. The highest BCUT2D eigenvalue weighted by atomic mass is 16.2. The summed E-state index contributed by atoms with van der Waals surface area (Å²) in [6.45, 7) is 4.75. The Kier molecular flexibility index (Phi) is 4.91. The molecule has 1 aromatic carbocycles. The Morgan fingerprint density at radius 3 is 2.76 bits per heavy atom. The normalized spacial score (nSPS) is 22.9. The molecule has 4 heterocycles. The molecule has 3 aliphatic heterocycles. The maximum absolute atomic E-state index is 13.0. The molecule has 7 nitrogen and oxygen atoms in total. The largest absolute Gasteiger partial charge is 0.366 e. The van der Waals surface area contributed by atoms with Gasteiger partial charge in [-0.15, -0.1) is 0 Å². The van der Waals surface area contributed by atoms with E-state index in [1.54, 1.807) is 0 Å². The summed E-state index contributed by atoms with van der Waals surface area (Å²) in [4.78, 5) is 19.8. The molecule has 2 fully saturated rings. The van der Waals surface area contributed by atoms with Crippen molar-refractivity contribution < 1.29 is 4.79 Å². The van der Waals surface area contributed by atoms with Crippen molar-refractivity contribution in [3.8, 4) is 0 Å². The SMILES string of the molecule is CN1CCC(n2ccc(NC(=O)N3CCCN4c5ccccc5CC4C3)n2)CC1. The minimum Gasteiger partial charge on any atom is -0.366 e. The van der Waals surface area contributed by atoms with Crippen LogP contribution in [0.25, 0.3) is 0 Å². The summed E-state index contributed by atoms with van der Waals surface area (Å²) in [5.74, 6) is 0.657. The molecule has 2 amide bonds.